The average molecular weight is 355 g/mol. The predicted octanol–water partition coefficient (Wildman–Crippen LogP) is 0.512. The molecule has 1 aromatic rings. The molecule has 0 amide bonds. The van der Waals surface area contributed by atoms with Crippen molar-refractivity contribution in [1.29, 1.82) is 0 Å². The van der Waals surface area contributed by atoms with Crippen molar-refractivity contribution in [2.75, 3.05) is 0 Å². The van der Waals surface area contributed by atoms with Crippen LogP contribution in [0.5, 0.6) is 0 Å². The van der Waals surface area contributed by atoms with Gasteiger partial charge in [-0.05, 0) is 28.1 Å². The van der Waals surface area contributed by atoms with Crippen molar-refractivity contribution in [3.63, 3.8) is 0 Å². The van der Waals surface area contributed by atoms with Gasteiger partial charge in [0.1, 0.15) is 4.90 Å². The Morgan fingerprint density at radius 2 is 1.75 bits per heavy atom. The first-order valence-corrected chi connectivity index (χ1v) is 4.97. The monoisotopic (exact) mass is 354 g/mol. The Morgan fingerprint density at radius 1 is 1.25 bits per heavy atom. The van der Waals surface area contributed by atoms with E-state index in [-0.39, 0.29) is 30.7 Å². The standard InChI is InChI=1S/C6H5BrO3S.In.3H/c7-5-3-1-2-4-6(5)11(8,9)10;;;;/h1-4H,(H,8,9,10);;;;. The number of benzene rings is 1. The van der Waals surface area contributed by atoms with E-state index < -0.39 is 10.1 Å². The van der Waals surface area contributed by atoms with Gasteiger partial charge in [-0.1, -0.05) is 12.1 Å². The van der Waals surface area contributed by atoms with Gasteiger partial charge in [-0.3, -0.25) is 4.55 Å². The van der Waals surface area contributed by atoms with Crippen LogP contribution in [0, 0.1) is 0 Å². The third-order valence-electron chi connectivity index (χ3n) is 1.11. The Kier molecular flexibility index (Phi) is 4.83. The zero-order chi connectivity index (χ0) is 8.48. The van der Waals surface area contributed by atoms with E-state index in [0.717, 1.165) is 0 Å². The van der Waals surface area contributed by atoms with Crippen molar-refractivity contribution in [1.82, 2.24) is 0 Å². The van der Waals surface area contributed by atoms with Crippen molar-refractivity contribution < 1.29 is 13.0 Å². The topological polar surface area (TPSA) is 54.4 Å². The van der Waals surface area contributed by atoms with Crippen molar-refractivity contribution in [2.45, 2.75) is 4.90 Å². The third kappa shape index (κ3) is 3.08. The fourth-order valence-electron chi connectivity index (χ4n) is 0.654. The Labute approximate surface area is 97.8 Å². The van der Waals surface area contributed by atoms with Crippen molar-refractivity contribution >= 4 is 51.9 Å². The molecule has 0 aliphatic heterocycles. The molecule has 0 unspecified atom stereocenters. The molecule has 0 aromatic heterocycles. The molecule has 0 fully saturated rings. The van der Waals surface area contributed by atoms with Gasteiger partial charge < -0.3 is 0 Å². The second kappa shape index (κ2) is 4.64. The van der Waals surface area contributed by atoms with Crippen LogP contribution in [-0.4, -0.2) is 38.8 Å². The predicted molar refractivity (Wildman–Crippen MR) is 53.9 cm³/mol. The van der Waals surface area contributed by atoms with Gasteiger partial charge in [-0.25, -0.2) is 0 Å². The first-order valence-electron chi connectivity index (χ1n) is 2.74. The summed E-state index contributed by atoms with van der Waals surface area (Å²) >= 11 is 2.99. The zero-order valence-electron chi connectivity index (χ0n) is 5.36. The van der Waals surface area contributed by atoms with E-state index in [9.17, 15) is 8.42 Å². The maximum atomic E-state index is 10.6. The first-order chi connectivity index (χ1) is 5.02. The summed E-state index contributed by atoms with van der Waals surface area (Å²) in [6.07, 6.45) is 0. The molecule has 66 valence electrons. The van der Waals surface area contributed by atoms with Gasteiger partial charge in [0.25, 0.3) is 10.1 Å². The molecule has 0 saturated heterocycles. The normalized spacial score (nSPS) is 10.5. The van der Waals surface area contributed by atoms with E-state index in [0.29, 0.717) is 4.47 Å². The van der Waals surface area contributed by atoms with E-state index in [2.05, 4.69) is 15.9 Å². The molecular weight excluding hydrogens is 347 g/mol. The number of halogens is 1. The van der Waals surface area contributed by atoms with Gasteiger partial charge in [0.15, 0.2) is 0 Å². The molecule has 12 heavy (non-hydrogen) atoms. The van der Waals surface area contributed by atoms with Crippen LogP contribution in [0.15, 0.2) is 33.6 Å². The number of hydrogen-bond acceptors (Lipinski definition) is 2. The molecule has 0 atom stereocenters. The summed E-state index contributed by atoms with van der Waals surface area (Å²) in [4.78, 5) is -0.111. The van der Waals surface area contributed by atoms with Crippen LogP contribution in [0.3, 0.4) is 0 Å². The summed E-state index contributed by atoms with van der Waals surface area (Å²) in [6.45, 7) is 0. The molecular formula is C6H8BrInO3S. The Hall–Kier alpha value is 0.480. The van der Waals surface area contributed by atoms with E-state index in [1.165, 1.54) is 12.1 Å². The van der Waals surface area contributed by atoms with Gasteiger partial charge in [0.05, 0.1) is 0 Å². The first kappa shape index (κ1) is 12.5. The minimum atomic E-state index is -4.08. The molecule has 0 saturated carbocycles. The van der Waals surface area contributed by atoms with E-state index >= 15 is 0 Å². The SMILES string of the molecule is O=S(=O)(O)c1ccccc1Br.[InH3]. The maximum absolute atomic E-state index is 10.6. The van der Waals surface area contributed by atoms with Crippen LogP contribution in [0.4, 0.5) is 0 Å². The van der Waals surface area contributed by atoms with Crippen LogP contribution >= 0.6 is 15.9 Å². The van der Waals surface area contributed by atoms with Crippen LogP contribution < -0.4 is 0 Å². The summed E-state index contributed by atoms with van der Waals surface area (Å²) in [7, 11) is -4.08. The Balaban J connectivity index is 0.00000121. The van der Waals surface area contributed by atoms with Gasteiger partial charge in [-0.2, -0.15) is 8.42 Å². The van der Waals surface area contributed by atoms with E-state index in [1.54, 1.807) is 12.1 Å². The van der Waals surface area contributed by atoms with Crippen LogP contribution in [0.25, 0.3) is 0 Å². The van der Waals surface area contributed by atoms with Gasteiger partial charge in [-0.15, -0.1) is 0 Å². The molecule has 0 heterocycles. The van der Waals surface area contributed by atoms with Gasteiger partial charge >= 0.3 is 25.8 Å². The Bertz CT molecular complexity index is 363. The molecule has 6 heteroatoms. The van der Waals surface area contributed by atoms with E-state index in [1.807, 2.05) is 0 Å². The summed E-state index contributed by atoms with van der Waals surface area (Å²) in [5.74, 6) is 0. The second-order valence-corrected chi connectivity index (χ2v) is 4.15. The molecule has 3 nitrogen and oxygen atoms in total. The van der Waals surface area contributed by atoms with Gasteiger partial charge in [0.2, 0.25) is 0 Å². The van der Waals surface area contributed by atoms with Gasteiger partial charge in [0, 0.05) is 4.47 Å². The molecule has 0 spiro atoms. The quantitative estimate of drug-likeness (QED) is 0.748. The minimum absolute atomic E-state index is 0. The van der Waals surface area contributed by atoms with Crippen LogP contribution in [0.2, 0.25) is 0 Å². The summed E-state index contributed by atoms with van der Waals surface area (Å²) < 4.78 is 30.1. The molecule has 1 rings (SSSR count). The molecule has 0 aliphatic carbocycles. The number of hydrogen-bond donors (Lipinski definition) is 1. The van der Waals surface area contributed by atoms with Crippen LogP contribution in [0.1, 0.15) is 0 Å². The van der Waals surface area contributed by atoms with Crippen molar-refractivity contribution in [3.8, 4) is 0 Å². The molecule has 1 aromatic carbocycles. The summed E-state index contributed by atoms with van der Waals surface area (Å²) in [5.41, 5.74) is 0. The third-order valence-corrected chi connectivity index (χ3v) is 2.98. The molecule has 1 N–H and O–H groups in total. The molecule has 0 aliphatic rings. The fraction of sp³-hybridized carbons (Fsp3) is 0. The van der Waals surface area contributed by atoms with Crippen LogP contribution in [-0.2, 0) is 10.1 Å². The fourth-order valence-corrected chi connectivity index (χ4v) is 2.12. The molecule has 0 bridgehead atoms. The molecule has 0 radical (unpaired) electrons. The number of rotatable bonds is 1. The summed E-state index contributed by atoms with van der Waals surface area (Å²) in [5, 5.41) is 0. The Morgan fingerprint density at radius 3 is 2.08 bits per heavy atom. The summed E-state index contributed by atoms with van der Waals surface area (Å²) in [6, 6.07) is 6.06. The second-order valence-electron chi connectivity index (χ2n) is 1.91. The van der Waals surface area contributed by atoms with Crippen molar-refractivity contribution in [2.24, 2.45) is 0 Å². The average Bonchev–Trinajstić information content (AvgIpc) is 1.86. The van der Waals surface area contributed by atoms with Crippen molar-refractivity contribution in [3.05, 3.63) is 28.7 Å². The van der Waals surface area contributed by atoms with E-state index in [4.69, 9.17) is 4.55 Å². The zero-order valence-corrected chi connectivity index (χ0v) is 7.76.